The summed E-state index contributed by atoms with van der Waals surface area (Å²) in [5.41, 5.74) is 1.73. The van der Waals surface area contributed by atoms with E-state index >= 15 is 0 Å². The average Bonchev–Trinajstić information content (AvgIpc) is 2.99. The normalized spacial score (nSPS) is 18.4. The van der Waals surface area contributed by atoms with Crippen LogP contribution in [-0.2, 0) is 11.3 Å². The van der Waals surface area contributed by atoms with Crippen LogP contribution >= 0.6 is 11.8 Å². The monoisotopic (exact) mass is 399 g/mol. The highest BCUT2D eigenvalue weighted by Gasteiger charge is 2.37. The molecule has 0 aliphatic carbocycles. The number of amides is 1. The Labute approximate surface area is 168 Å². The molecule has 1 fully saturated rings. The fourth-order valence-electron chi connectivity index (χ4n) is 2.78. The van der Waals surface area contributed by atoms with Gasteiger partial charge < -0.3 is 4.74 Å². The number of methoxy groups -OCH3 is 1. The number of rotatable bonds is 7. The minimum Gasteiger partial charge on any atom is -0.497 e. The molecule has 0 radical (unpaired) electrons. The van der Waals surface area contributed by atoms with Gasteiger partial charge in [-0.05, 0) is 53.9 Å². The Morgan fingerprint density at radius 1 is 1.18 bits per heavy atom. The molecule has 1 heterocycles. The van der Waals surface area contributed by atoms with Crippen LogP contribution < -0.4 is 4.74 Å². The van der Waals surface area contributed by atoms with Crippen molar-refractivity contribution in [2.24, 2.45) is 10.2 Å². The van der Waals surface area contributed by atoms with E-state index in [-0.39, 0.29) is 17.0 Å². The summed E-state index contributed by atoms with van der Waals surface area (Å²) >= 11 is 1.43. The number of halogens is 1. The first kappa shape index (κ1) is 20.1. The zero-order chi connectivity index (χ0) is 19.9. The van der Waals surface area contributed by atoms with Gasteiger partial charge in [0, 0.05) is 0 Å². The van der Waals surface area contributed by atoms with Gasteiger partial charge in [0.05, 0.1) is 25.1 Å². The van der Waals surface area contributed by atoms with Gasteiger partial charge >= 0.3 is 0 Å². The maximum Gasteiger partial charge on any atom is 0.242 e. The third-order valence-corrected chi connectivity index (χ3v) is 5.53. The molecule has 2 aromatic carbocycles. The molecule has 0 aromatic heterocycles. The van der Waals surface area contributed by atoms with Crippen LogP contribution in [0.15, 0.2) is 58.7 Å². The third kappa shape index (κ3) is 4.98. The van der Waals surface area contributed by atoms with Gasteiger partial charge in [0.25, 0.3) is 0 Å². The molecule has 146 valence electrons. The summed E-state index contributed by atoms with van der Waals surface area (Å²) in [7, 11) is 1.62. The first-order chi connectivity index (χ1) is 13.6. The smallest absolute Gasteiger partial charge is 0.242 e. The predicted molar refractivity (Wildman–Crippen MR) is 111 cm³/mol. The fourth-order valence-corrected chi connectivity index (χ4v) is 4.00. The van der Waals surface area contributed by atoms with E-state index in [0.29, 0.717) is 11.7 Å². The molecule has 1 amide bonds. The second-order valence-corrected chi connectivity index (χ2v) is 7.52. The number of nitrogens with zero attached hydrogens (tertiary/aromatic N) is 3. The van der Waals surface area contributed by atoms with E-state index in [1.807, 2.05) is 24.3 Å². The van der Waals surface area contributed by atoms with Crippen molar-refractivity contribution in [3.05, 3.63) is 65.5 Å². The van der Waals surface area contributed by atoms with Crippen molar-refractivity contribution in [1.29, 1.82) is 0 Å². The number of carbonyl (C=O) groups excluding carboxylic acids is 1. The lowest BCUT2D eigenvalue weighted by atomic mass is 10.2. The largest absolute Gasteiger partial charge is 0.497 e. The summed E-state index contributed by atoms with van der Waals surface area (Å²) in [6, 6.07) is 13.6. The molecule has 3 rings (SSSR count). The van der Waals surface area contributed by atoms with Crippen LogP contribution in [-0.4, -0.2) is 34.5 Å². The number of thioether (sulfide) groups is 1. The number of carbonyl (C=O) groups is 1. The highest BCUT2D eigenvalue weighted by Crippen LogP contribution is 2.31. The summed E-state index contributed by atoms with van der Waals surface area (Å²) in [5, 5.41) is 8.86. The Morgan fingerprint density at radius 2 is 1.89 bits per heavy atom. The summed E-state index contributed by atoms with van der Waals surface area (Å²) in [5.74, 6) is 0.496. The summed E-state index contributed by atoms with van der Waals surface area (Å²) in [6.07, 6.45) is 3.33. The van der Waals surface area contributed by atoms with E-state index in [0.717, 1.165) is 29.7 Å². The first-order valence-corrected chi connectivity index (χ1v) is 9.96. The molecule has 0 N–H and O–H groups in total. The molecular formula is C21H22FN3O2S. The Morgan fingerprint density at radius 3 is 2.54 bits per heavy atom. The molecule has 0 saturated carbocycles. The first-order valence-electron chi connectivity index (χ1n) is 9.08. The second-order valence-electron chi connectivity index (χ2n) is 6.35. The zero-order valence-corrected chi connectivity index (χ0v) is 16.7. The van der Waals surface area contributed by atoms with Crippen molar-refractivity contribution in [3.63, 3.8) is 0 Å². The highest BCUT2D eigenvalue weighted by molar-refractivity contribution is 8.15. The van der Waals surface area contributed by atoms with Crippen LogP contribution in [0.4, 0.5) is 4.39 Å². The number of amidine groups is 1. The van der Waals surface area contributed by atoms with Crippen LogP contribution in [0.1, 0.15) is 30.9 Å². The molecule has 7 heteroatoms. The van der Waals surface area contributed by atoms with Crippen molar-refractivity contribution in [2.75, 3.05) is 7.11 Å². The van der Waals surface area contributed by atoms with Crippen LogP contribution in [0.25, 0.3) is 0 Å². The van der Waals surface area contributed by atoms with E-state index in [1.165, 1.54) is 23.9 Å². The van der Waals surface area contributed by atoms with Crippen LogP contribution in [0, 0.1) is 5.82 Å². The zero-order valence-electron chi connectivity index (χ0n) is 15.8. The van der Waals surface area contributed by atoms with E-state index in [4.69, 9.17) is 4.74 Å². The molecule has 1 aliphatic rings. The summed E-state index contributed by atoms with van der Waals surface area (Å²) in [6.45, 7) is 2.40. The topological polar surface area (TPSA) is 54.3 Å². The predicted octanol–water partition coefficient (Wildman–Crippen LogP) is 4.47. The van der Waals surface area contributed by atoms with E-state index < -0.39 is 0 Å². The van der Waals surface area contributed by atoms with Crippen LogP contribution in [0.5, 0.6) is 5.75 Å². The van der Waals surface area contributed by atoms with Gasteiger partial charge in [-0.2, -0.15) is 5.10 Å². The fraction of sp³-hybridized carbons (Fsp3) is 0.286. The minimum absolute atomic E-state index is 0.0228. The van der Waals surface area contributed by atoms with Gasteiger partial charge in [-0.3, -0.25) is 9.69 Å². The van der Waals surface area contributed by atoms with E-state index in [1.54, 1.807) is 30.4 Å². The van der Waals surface area contributed by atoms with Crippen molar-refractivity contribution >= 4 is 29.1 Å². The highest BCUT2D eigenvalue weighted by atomic mass is 32.2. The standard InChI is InChI=1S/C21H22FN3O2S/c1-3-4-19-20(26)25(14-16-5-9-17(22)10-6-16)21(28-19)24-23-13-15-7-11-18(27-2)12-8-15/h5-13,19H,3-4,14H2,1-2H3/b23-13-,24-21+/t19-/m1/s1. The molecule has 1 aliphatic heterocycles. The minimum atomic E-state index is -0.298. The van der Waals surface area contributed by atoms with Gasteiger partial charge in [-0.25, -0.2) is 4.39 Å². The van der Waals surface area contributed by atoms with Crippen molar-refractivity contribution in [3.8, 4) is 5.75 Å². The van der Waals surface area contributed by atoms with Gasteiger partial charge in [0.1, 0.15) is 11.6 Å². The molecule has 0 spiro atoms. The molecular weight excluding hydrogens is 377 g/mol. The Kier molecular flexibility index (Phi) is 6.81. The van der Waals surface area contributed by atoms with E-state index in [9.17, 15) is 9.18 Å². The van der Waals surface area contributed by atoms with Gasteiger partial charge in [-0.15, -0.1) is 5.10 Å². The van der Waals surface area contributed by atoms with Gasteiger partial charge in [0.2, 0.25) is 5.91 Å². The van der Waals surface area contributed by atoms with E-state index in [2.05, 4.69) is 17.1 Å². The lowest BCUT2D eigenvalue weighted by molar-refractivity contribution is -0.126. The quantitative estimate of drug-likeness (QED) is 0.510. The lowest BCUT2D eigenvalue weighted by Gasteiger charge is -2.15. The second kappa shape index (κ2) is 9.50. The maximum absolute atomic E-state index is 13.2. The molecule has 0 bridgehead atoms. The SMILES string of the molecule is CCC[C@H]1S/C(=N/N=C\c2ccc(OC)cc2)N(Cc2ccc(F)cc2)C1=O. The van der Waals surface area contributed by atoms with Crippen molar-refractivity contribution in [1.82, 2.24) is 4.90 Å². The third-order valence-electron chi connectivity index (χ3n) is 4.29. The summed E-state index contributed by atoms with van der Waals surface area (Å²) < 4.78 is 18.3. The van der Waals surface area contributed by atoms with Crippen LogP contribution in [0.2, 0.25) is 0 Å². The molecule has 1 atom stereocenters. The Balaban J connectivity index is 1.77. The van der Waals surface area contributed by atoms with Crippen molar-refractivity contribution < 1.29 is 13.9 Å². The van der Waals surface area contributed by atoms with Crippen LogP contribution in [0.3, 0.4) is 0 Å². The number of hydrogen-bond donors (Lipinski definition) is 0. The average molecular weight is 399 g/mol. The molecule has 0 unspecified atom stereocenters. The molecule has 2 aromatic rings. The Hall–Kier alpha value is -2.67. The summed E-state index contributed by atoms with van der Waals surface area (Å²) in [4.78, 5) is 14.4. The number of benzene rings is 2. The molecule has 28 heavy (non-hydrogen) atoms. The number of ether oxygens (including phenoxy) is 1. The van der Waals surface area contributed by atoms with Gasteiger partial charge in [-0.1, -0.05) is 37.2 Å². The van der Waals surface area contributed by atoms with Crippen molar-refractivity contribution in [2.45, 2.75) is 31.6 Å². The molecule has 1 saturated heterocycles. The lowest BCUT2D eigenvalue weighted by Crippen LogP contribution is -2.31. The Bertz CT molecular complexity index is 866. The van der Waals surface area contributed by atoms with Gasteiger partial charge in [0.15, 0.2) is 5.17 Å². The maximum atomic E-state index is 13.2. The number of hydrogen-bond acceptors (Lipinski definition) is 5. The molecule has 5 nitrogen and oxygen atoms in total.